The highest BCUT2D eigenvalue weighted by Gasteiger charge is 2.22. The first-order valence-electron chi connectivity index (χ1n) is 7.22. The molecule has 21 heavy (non-hydrogen) atoms. The lowest BCUT2D eigenvalue weighted by molar-refractivity contribution is 0.290. The predicted molar refractivity (Wildman–Crippen MR) is 83.2 cm³/mol. The third kappa shape index (κ3) is 3.62. The second kappa shape index (κ2) is 5.99. The van der Waals surface area contributed by atoms with Crippen LogP contribution in [0.5, 0.6) is 5.88 Å². The smallest absolute Gasteiger partial charge is 0.239 e. The number of nitrogens with two attached hydrogens (primary N) is 1. The Morgan fingerprint density at radius 2 is 2.00 bits per heavy atom. The van der Waals surface area contributed by atoms with Gasteiger partial charge in [-0.1, -0.05) is 0 Å². The molecule has 1 fully saturated rings. The van der Waals surface area contributed by atoms with Crippen LogP contribution in [0.25, 0.3) is 0 Å². The maximum absolute atomic E-state index is 5.93. The Kier molecular flexibility index (Phi) is 3.90. The number of aromatic nitrogens is 2. The number of hydrogen-bond acceptors (Lipinski definition) is 5. The van der Waals surface area contributed by atoms with E-state index >= 15 is 0 Å². The van der Waals surface area contributed by atoms with Crippen molar-refractivity contribution < 1.29 is 4.74 Å². The summed E-state index contributed by atoms with van der Waals surface area (Å²) in [5.41, 5.74) is 7.72. The fourth-order valence-corrected chi connectivity index (χ4v) is 2.09. The average Bonchev–Trinajstić information content (AvgIpc) is 3.31. The van der Waals surface area contributed by atoms with Gasteiger partial charge in [-0.3, -0.25) is 4.98 Å². The van der Waals surface area contributed by atoms with Crippen molar-refractivity contribution in [2.45, 2.75) is 19.4 Å². The van der Waals surface area contributed by atoms with Crippen LogP contribution in [-0.4, -0.2) is 23.6 Å². The van der Waals surface area contributed by atoms with Gasteiger partial charge in [0, 0.05) is 26.0 Å². The van der Waals surface area contributed by atoms with Crippen LogP contribution < -0.4 is 15.4 Å². The zero-order chi connectivity index (χ0) is 14.7. The van der Waals surface area contributed by atoms with Gasteiger partial charge in [0.15, 0.2) is 0 Å². The van der Waals surface area contributed by atoms with Crippen molar-refractivity contribution in [3.63, 3.8) is 0 Å². The Morgan fingerprint density at radius 3 is 2.71 bits per heavy atom. The van der Waals surface area contributed by atoms with E-state index in [4.69, 9.17) is 10.5 Å². The maximum Gasteiger partial charge on any atom is 0.239 e. The summed E-state index contributed by atoms with van der Waals surface area (Å²) >= 11 is 0. The first-order valence-corrected chi connectivity index (χ1v) is 7.22. The average molecular weight is 284 g/mol. The van der Waals surface area contributed by atoms with Gasteiger partial charge in [-0.15, -0.1) is 0 Å². The number of ether oxygens (including phenoxy) is 1. The summed E-state index contributed by atoms with van der Waals surface area (Å²) < 4.78 is 5.73. The van der Waals surface area contributed by atoms with Gasteiger partial charge in [0.05, 0.1) is 12.3 Å². The molecule has 1 saturated carbocycles. The highest BCUT2D eigenvalue weighted by atomic mass is 16.5. The molecule has 0 spiro atoms. The molecule has 3 rings (SSSR count). The molecule has 0 radical (unpaired) electrons. The van der Waals surface area contributed by atoms with Crippen molar-refractivity contribution in [1.29, 1.82) is 0 Å². The number of rotatable bonds is 6. The van der Waals surface area contributed by atoms with E-state index in [1.165, 1.54) is 18.4 Å². The molecule has 2 heterocycles. The third-order valence-electron chi connectivity index (χ3n) is 3.59. The minimum absolute atomic E-state index is 0.543. The molecule has 0 atom stereocenters. The Balaban J connectivity index is 1.69. The van der Waals surface area contributed by atoms with Crippen molar-refractivity contribution in [3.05, 3.63) is 42.2 Å². The van der Waals surface area contributed by atoms with Crippen LogP contribution in [0.1, 0.15) is 18.4 Å². The largest absolute Gasteiger partial charge is 0.476 e. The van der Waals surface area contributed by atoms with Crippen LogP contribution >= 0.6 is 0 Å². The molecule has 0 saturated heterocycles. The lowest BCUT2D eigenvalue weighted by Crippen LogP contribution is -2.18. The van der Waals surface area contributed by atoms with Crippen LogP contribution in [0.15, 0.2) is 36.7 Å². The molecule has 0 amide bonds. The molecule has 0 aromatic carbocycles. The van der Waals surface area contributed by atoms with Crippen molar-refractivity contribution >= 4 is 11.5 Å². The van der Waals surface area contributed by atoms with Crippen LogP contribution in [0, 0.1) is 5.92 Å². The van der Waals surface area contributed by atoms with Crippen molar-refractivity contribution in [2.75, 3.05) is 24.3 Å². The molecular weight excluding hydrogens is 264 g/mol. The van der Waals surface area contributed by atoms with E-state index in [9.17, 15) is 0 Å². The van der Waals surface area contributed by atoms with E-state index in [1.807, 2.05) is 31.3 Å². The molecule has 2 aromatic heterocycles. The fraction of sp³-hybridized carbons (Fsp3) is 0.375. The van der Waals surface area contributed by atoms with E-state index in [2.05, 4.69) is 14.9 Å². The lowest BCUT2D eigenvalue weighted by atomic mass is 10.2. The summed E-state index contributed by atoms with van der Waals surface area (Å²) in [6.45, 7) is 1.48. The van der Waals surface area contributed by atoms with E-state index in [-0.39, 0.29) is 0 Å². The summed E-state index contributed by atoms with van der Waals surface area (Å²) in [4.78, 5) is 10.6. The summed E-state index contributed by atoms with van der Waals surface area (Å²) in [5.74, 6) is 2.08. The van der Waals surface area contributed by atoms with Gasteiger partial charge < -0.3 is 15.4 Å². The number of nitrogen functional groups attached to an aromatic ring is 1. The predicted octanol–water partition coefficient (Wildman–Crippen LogP) is 2.48. The first-order chi connectivity index (χ1) is 10.2. The SMILES string of the molecule is CN(Cc1ccncc1)c1ccc(N)c(OCC2CC2)n1. The number of hydrogen-bond donors (Lipinski definition) is 1. The third-order valence-corrected chi connectivity index (χ3v) is 3.59. The summed E-state index contributed by atoms with van der Waals surface area (Å²) in [5, 5.41) is 0. The molecule has 110 valence electrons. The van der Waals surface area contributed by atoms with E-state index in [0.29, 0.717) is 24.1 Å². The zero-order valence-electron chi connectivity index (χ0n) is 12.2. The van der Waals surface area contributed by atoms with Crippen molar-refractivity contribution in [2.24, 2.45) is 5.92 Å². The maximum atomic E-state index is 5.93. The van der Waals surface area contributed by atoms with Crippen LogP contribution in [0.2, 0.25) is 0 Å². The molecule has 2 N–H and O–H groups in total. The monoisotopic (exact) mass is 284 g/mol. The number of pyridine rings is 2. The van der Waals surface area contributed by atoms with E-state index < -0.39 is 0 Å². The Labute approximate surface area is 124 Å². The van der Waals surface area contributed by atoms with Gasteiger partial charge in [0.25, 0.3) is 0 Å². The number of nitrogens with zero attached hydrogens (tertiary/aromatic N) is 3. The summed E-state index contributed by atoms with van der Waals surface area (Å²) in [6.07, 6.45) is 6.09. The van der Waals surface area contributed by atoms with E-state index in [1.54, 1.807) is 12.4 Å². The Bertz CT molecular complexity index is 598. The molecule has 5 heteroatoms. The Morgan fingerprint density at radius 1 is 1.24 bits per heavy atom. The highest BCUT2D eigenvalue weighted by Crippen LogP contribution is 2.31. The normalized spacial score (nSPS) is 14.0. The van der Waals surface area contributed by atoms with Crippen LogP contribution in [0.4, 0.5) is 11.5 Å². The topological polar surface area (TPSA) is 64.3 Å². The van der Waals surface area contributed by atoms with Gasteiger partial charge in [-0.05, 0) is 48.6 Å². The van der Waals surface area contributed by atoms with Gasteiger partial charge in [0.1, 0.15) is 5.82 Å². The lowest BCUT2D eigenvalue weighted by Gasteiger charge is -2.19. The number of anilines is 2. The molecule has 0 bridgehead atoms. The first kappa shape index (κ1) is 13.7. The molecule has 0 unspecified atom stereocenters. The van der Waals surface area contributed by atoms with Gasteiger partial charge in [0.2, 0.25) is 5.88 Å². The van der Waals surface area contributed by atoms with Crippen LogP contribution in [0.3, 0.4) is 0 Å². The van der Waals surface area contributed by atoms with E-state index in [0.717, 1.165) is 12.4 Å². The minimum atomic E-state index is 0.543. The minimum Gasteiger partial charge on any atom is -0.476 e. The molecule has 0 aliphatic heterocycles. The standard InChI is InChI=1S/C16H20N4O/c1-20(10-12-6-8-18-9-7-12)15-5-4-14(17)16(19-15)21-11-13-2-3-13/h4-9,13H,2-3,10-11,17H2,1H3. The van der Waals surface area contributed by atoms with Crippen molar-refractivity contribution in [3.8, 4) is 5.88 Å². The van der Waals surface area contributed by atoms with Crippen LogP contribution in [-0.2, 0) is 6.54 Å². The zero-order valence-corrected chi connectivity index (χ0v) is 12.2. The molecule has 5 nitrogen and oxygen atoms in total. The quantitative estimate of drug-likeness (QED) is 0.883. The molecular formula is C16H20N4O. The molecule has 1 aliphatic carbocycles. The fourth-order valence-electron chi connectivity index (χ4n) is 2.09. The highest BCUT2D eigenvalue weighted by molar-refractivity contribution is 5.54. The molecule has 1 aliphatic rings. The molecule has 2 aromatic rings. The van der Waals surface area contributed by atoms with Gasteiger partial charge >= 0.3 is 0 Å². The summed E-state index contributed by atoms with van der Waals surface area (Å²) in [7, 11) is 2.00. The second-order valence-corrected chi connectivity index (χ2v) is 5.53. The van der Waals surface area contributed by atoms with Gasteiger partial charge in [-0.2, -0.15) is 4.98 Å². The second-order valence-electron chi connectivity index (χ2n) is 5.53. The Hall–Kier alpha value is -2.30. The van der Waals surface area contributed by atoms with Crippen molar-refractivity contribution in [1.82, 2.24) is 9.97 Å². The summed E-state index contributed by atoms with van der Waals surface area (Å²) in [6, 6.07) is 7.77. The van der Waals surface area contributed by atoms with Gasteiger partial charge in [-0.25, -0.2) is 0 Å².